The average Bonchev–Trinajstić information content (AvgIpc) is 3.18. The topological polar surface area (TPSA) is 72.4 Å². The molecular weight excluding hydrogens is 290 g/mol. The summed E-state index contributed by atoms with van der Waals surface area (Å²) in [4.78, 5) is 0.312. The Morgan fingerprint density at radius 3 is 2.76 bits per heavy atom. The normalized spacial score (nSPS) is 17.1. The van der Waals surface area contributed by atoms with E-state index >= 15 is 0 Å². The van der Waals surface area contributed by atoms with Crippen LogP contribution in [-0.2, 0) is 28.4 Å². The van der Waals surface area contributed by atoms with Crippen LogP contribution in [0.4, 0.5) is 0 Å². The monoisotopic (exact) mass is 315 g/mol. The molecule has 1 unspecified atom stereocenters. The van der Waals surface area contributed by atoms with Gasteiger partial charge in [0.05, 0.1) is 11.5 Å². The van der Waals surface area contributed by atoms with Crippen LogP contribution < -0.4 is 10.0 Å². The Bertz CT molecular complexity index is 564. The molecule has 0 bridgehead atoms. The fourth-order valence-electron chi connectivity index (χ4n) is 2.16. The van der Waals surface area contributed by atoms with Crippen LogP contribution in [0.5, 0.6) is 0 Å². The van der Waals surface area contributed by atoms with Crippen LogP contribution in [0, 0.1) is 0 Å². The Hall–Kier alpha value is -0.890. The number of methoxy groups -OCH3 is 1. The van der Waals surface area contributed by atoms with E-state index in [9.17, 15) is 8.42 Å². The van der Waals surface area contributed by atoms with E-state index in [2.05, 4.69) is 10.0 Å². The number of aryl methyl sites for hydroxylation is 1. The smallest absolute Gasteiger partial charge is 0.242 e. The van der Waals surface area contributed by atoms with Crippen LogP contribution in [0.25, 0.3) is 0 Å². The highest BCUT2D eigenvalue weighted by molar-refractivity contribution is 7.89. The third kappa shape index (κ3) is 4.54. The third-order valence-corrected chi connectivity index (χ3v) is 5.21. The highest BCUT2D eigenvalue weighted by atomic mass is 32.2. The van der Waals surface area contributed by atoms with E-state index < -0.39 is 10.0 Å². The summed E-state index contributed by atoms with van der Waals surface area (Å²) in [6.45, 7) is 3.01. The zero-order valence-electron chi connectivity index (χ0n) is 12.9. The Morgan fingerprint density at radius 2 is 2.19 bits per heavy atom. The van der Waals surface area contributed by atoms with Gasteiger partial charge in [-0.2, -0.15) is 0 Å². The molecule has 6 nitrogen and oxygen atoms in total. The van der Waals surface area contributed by atoms with E-state index in [1.165, 1.54) is 12.8 Å². The predicted molar refractivity (Wildman–Crippen MR) is 81.6 cm³/mol. The molecule has 1 aromatic rings. The van der Waals surface area contributed by atoms with E-state index in [0.29, 0.717) is 30.5 Å². The lowest BCUT2D eigenvalue weighted by Crippen LogP contribution is -2.37. The Kier molecular flexibility index (Phi) is 5.43. The molecular formula is C14H25N3O3S. The van der Waals surface area contributed by atoms with Crippen LogP contribution >= 0.6 is 0 Å². The van der Waals surface area contributed by atoms with Gasteiger partial charge in [-0.25, -0.2) is 13.1 Å². The highest BCUT2D eigenvalue weighted by Gasteiger charge is 2.23. The van der Waals surface area contributed by atoms with Crippen molar-refractivity contribution in [3.63, 3.8) is 0 Å². The molecule has 0 amide bonds. The van der Waals surface area contributed by atoms with E-state index in [1.54, 1.807) is 19.4 Å². The lowest BCUT2D eigenvalue weighted by Gasteiger charge is -2.15. The van der Waals surface area contributed by atoms with Crippen LogP contribution in [-0.4, -0.2) is 38.8 Å². The second kappa shape index (κ2) is 6.91. The van der Waals surface area contributed by atoms with Gasteiger partial charge in [-0.05, 0) is 25.3 Å². The molecule has 1 aromatic heterocycles. The molecule has 0 saturated heterocycles. The lowest BCUT2D eigenvalue weighted by atomic mass is 10.3. The summed E-state index contributed by atoms with van der Waals surface area (Å²) in [7, 11) is -0.0560. The van der Waals surface area contributed by atoms with Crippen LogP contribution in [0.2, 0.25) is 0 Å². The van der Waals surface area contributed by atoms with Gasteiger partial charge in [-0.1, -0.05) is 6.92 Å². The number of sulfonamides is 1. The van der Waals surface area contributed by atoms with E-state index in [1.807, 2.05) is 18.5 Å². The fraction of sp³-hybridized carbons (Fsp3) is 0.714. The average molecular weight is 315 g/mol. The standard InChI is InChI=1S/C14H25N3O3S/c1-4-11(10-20-3)16-21(18,19)14-7-13(17(2)9-14)8-15-12-5-6-12/h7,9,11-12,15-16H,4-6,8,10H2,1-3H3. The van der Waals surface area contributed by atoms with Crippen molar-refractivity contribution in [2.75, 3.05) is 13.7 Å². The first-order valence-electron chi connectivity index (χ1n) is 7.36. The maximum atomic E-state index is 12.4. The van der Waals surface area contributed by atoms with Gasteiger partial charge >= 0.3 is 0 Å². The maximum Gasteiger partial charge on any atom is 0.242 e. The second-order valence-electron chi connectivity index (χ2n) is 5.62. The SMILES string of the molecule is CCC(COC)NS(=O)(=O)c1cc(CNC2CC2)n(C)c1. The van der Waals surface area contributed by atoms with Crippen molar-refractivity contribution in [3.05, 3.63) is 18.0 Å². The molecule has 1 fully saturated rings. The summed E-state index contributed by atoms with van der Waals surface area (Å²) in [5, 5.41) is 3.39. The zero-order chi connectivity index (χ0) is 15.5. The van der Waals surface area contributed by atoms with Gasteiger partial charge in [0.15, 0.2) is 0 Å². The van der Waals surface area contributed by atoms with Gasteiger partial charge in [-0.15, -0.1) is 0 Å². The number of ether oxygens (including phenoxy) is 1. The molecule has 2 N–H and O–H groups in total. The molecule has 0 spiro atoms. The van der Waals surface area contributed by atoms with E-state index in [-0.39, 0.29) is 6.04 Å². The summed E-state index contributed by atoms with van der Waals surface area (Å²) >= 11 is 0. The van der Waals surface area contributed by atoms with Gasteiger partial charge in [0.25, 0.3) is 0 Å². The molecule has 120 valence electrons. The molecule has 1 aliphatic rings. The van der Waals surface area contributed by atoms with E-state index in [4.69, 9.17) is 4.74 Å². The van der Waals surface area contributed by atoms with Crippen LogP contribution in [0.3, 0.4) is 0 Å². The number of nitrogens with one attached hydrogen (secondary N) is 2. The molecule has 21 heavy (non-hydrogen) atoms. The number of hydrogen-bond acceptors (Lipinski definition) is 4. The van der Waals surface area contributed by atoms with E-state index in [0.717, 1.165) is 5.69 Å². The van der Waals surface area contributed by atoms with Crippen molar-refractivity contribution in [1.29, 1.82) is 0 Å². The largest absolute Gasteiger partial charge is 0.383 e. The second-order valence-corrected chi connectivity index (χ2v) is 7.33. The molecule has 1 aliphatic carbocycles. The molecule has 1 saturated carbocycles. The van der Waals surface area contributed by atoms with Crippen molar-refractivity contribution in [2.24, 2.45) is 7.05 Å². The van der Waals surface area contributed by atoms with Crippen LogP contribution in [0.1, 0.15) is 31.9 Å². The molecule has 7 heteroatoms. The minimum absolute atomic E-state index is 0.201. The van der Waals surface area contributed by atoms with Crippen molar-refractivity contribution in [3.8, 4) is 0 Å². The highest BCUT2D eigenvalue weighted by Crippen LogP contribution is 2.20. The number of aromatic nitrogens is 1. The van der Waals surface area contributed by atoms with Crippen molar-refractivity contribution in [1.82, 2.24) is 14.6 Å². The summed E-state index contributed by atoms with van der Waals surface area (Å²) in [5.41, 5.74) is 0.974. The molecule has 0 aliphatic heterocycles. The Labute approximate surface area is 126 Å². The molecule has 0 radical (unpaired) electrons. The first kappa shape index (κ1) is 16.5. The maximum absolute atomic E-state index is 12.4. The third-order valence-electron chi connectivity index (χ3n) is 3.72. The molecule has 0 aromatic carbocycles. The zero-order valence-corrected chi connectivity index (χ0v) is 13.7. The molecule has 1 heterocycles. The number of nitrogens with zero attached hydrogens (tertiary/aromatic N) is 1. The van der Waals surface area contributed by atoms with Gasteiger partial charge in [0.2, 0.25) is 10.0 Å². The van der Waals surface area contributed by atoms with Crippen molar-refractivity contribution >= 4 is 10.0 Å². The van der Waals surface area contributed by atoms with Gasteiger partial charge in [-0.3, -0.25) is 0 Å². The predicted octanol–water partition coefficient (Wildman–Crippen LogP) is 0.980. The van der Waals surface area contributed by atoms with Crippen molar-refractivity contribution < 1.29 is 13.2 Å². The summed E-state index contributed by atoms with van der Waals surface area (Å²) < 4.78 is 34.4. The summed E-state index contributed by atoms with van der Waals surface area (Å²) in [6.07, 6.45) is 4.78. The minimum Gasteiger partial charge on any atom is -0.383 e. The van der Waals surface area contributed by atoms with Gasteiger partial charge in [0, 0.05) is 44.7 Å². The lowest BCUT2D eigenvalue weighted by molar-refractivity contribution is 0.173. The number of rotatable bonds is 9. The van der Waals surface area contributed by atoms with Gasteiger partial charge < -0.3 is 14.6 Å². The van der Waals surface area contributed by atoms with Crippen LogP contribution in [0.15, 0.2) is 17.2 Å². The summed E-state index contributed by atoms with van der Waals surface area (Å²) in [6, 6.07) is 2.13. The first-order chi connectivity index (χ1) is 9.96. The summed E-state index contributed by atoms with van der Waals surface area (Å²) in [5.74, 6) is 0. The quantitative estimate of drug-likeness (QED) is 0.712. The molecule has 2 rings (SSSR count). The number of hydrogen-bond donors (Lipinski definition) is 2. The Balaban J connectivity index is 2.06. The Morgan fingerprint density at radius 1 is 1.48 bits per heavy atom. The minimum atomic E-state index is -3.50. The van der Waals surface area contributed by atoms with Gasteiger partial charge in [0.1, 0.15) is 0 Å². The fourth-order valence-corrected chi connectivity index (χ4v) is 3.56. The molecule has 1 atom stereocenters. The van der Waals surface area contributed by atoms with Crippen molar-refractivity contribution in [2.45, 2.75) is 49.7 Å². The first-order valence-corrected chi connectivity index (χ1v) is 8.84.